The zero-order valence-electron chi connectivity index (χ0n) is 18.8. The van der Waals surface area contributed by atoms with Crippen molar-refractivity contribution in [3.63, 3.8) is 0 Å². The van der Waals surface area contributed by atoms with Crippen molar-refractivity contribution >= 4 is 34.0 Å². The fraction of sp³-hybridized carbons (Fsp3) is 0.556. The van der Waals surface area contributed by atoms with Crippen molar-refractivity contribution in [3.05, 3.63) is 59.7 Å². The van der Waals surface area contributed by atoms with E-state index >= 15 is 0 Å². The largest absolute Gasteiger partial charge is 0.299 e. The summed E-state index contributed by atoms with van der Waals surface area (Å²) in [4.78, 5) is 25.7. The van der Waals surface area contributed by atoms with E-state index in [2.05, 4.69) is 26.0 Å². The van der Waals surface area contributed by atoms with Crippen LogP contribution in [0.2, 0.25) is 0 Å². The van der Waals surface area contributed by atoms with Gasteiger partial charge in [0.25, 0.3) is 0 Å². The first-order chi connectivity index (χ1) is 15.2. The van der Waals surface area contributed by atoms with Gasteiger partial charge in [0.2, 0.25) is 0 Å². The van der Waals surface area contributed by atoms with Gasteiger partial charge in [-0.25, -0.2) is 0 Å². The number of hydrogen-bond acceptors (Lipinski definition) is 3. The van der Waals surface area contributed by atoms with Gasteiger partial charge in [-0.05, 0) is 61.7 Å². The van der Waals surface area contributed by atoms with Crippen molar-refractivity contribution in [2.24, 2.45) is 28.6 Å². The molecule has 170 valence electrons. The highest BCUT2D eigenvalue weighted by atomic mass is 35.5. The van der Waals surface area contributed by atoms with E-state index in [0.717, 1.165) is 31.3 Å². The molecule has 4 aliphatic rings. The molecule has 1 unspecified atom stereocenters. The fourth-order valence-electron chi connectivity index (χ4n) is 7.36. The summed E-state index contributed by atoms with van der Waals surface area (Å²) in [5.41, 5.74) is 1.43. The summed E-state index contributed by atoms with van der Waals surface area (Å²) in [6.45, 7) is 4.25. The Morgan fingerprint density at radius 2 is 1.88 bits per heavy atom. The smallest absolute Gasteiger partial charge is 0.178 e. The van der Waals surface area contributed by atoms with Gasteiger partial charge >= 0.3 is 0 Å². The van der Waals surface area contributed by atoms with Crippen molar-refractivity contribution in [1.82, 2.24) is 0 Å². The monoisotopic (exact) mass is 470 g/mol. The van der Waals surface area contributed by atoms with Crippen LogP contribution in [0.5, 0.6) is 0 Å². The third-order valence-corrected chi connectivity index (χ3v) is 12.2. The van der Waals surface area contributed by atoms with E-state index in [1.54, 1.807) is 12.2 Å². The minimum absolute atomic E-state index is 0.0264. The molecule has 0 bridgehead atoms. The topological polar surface area (TPSA) is 51.2 Å². The van der Waals surface area contributed by atoms with E-state index in [1.807, 2.05) is 24.3 Å². The molecule has 0 N–H and O–H groups in total. The number of carbonyl (C=O) groups excluding carboxylic acids is 2. The van der Waals surface area contributed by atoms with Gasteiger partial charge in [-0.3, -0.25) is 13.8 Å². The Balaban J connectivity index is 1.42. The number of rotatable bonds is 4. The predicted octanol–water partition coefficient (Wildman–Crippen LogP) is 5.40. The van der Waals surface area contributed by atoms with Crippen LogP contribution in [0.4, 0.5) is 0 Å². The molecule has 4 aliphatic carbocycles. The summed E-state index contributed by atoms with van der Waals surface area (Å²) < 4.78 is 12.7. The molecule has 0 aromatic heterocycles. The van der Waals surface area contributed by atoms with Crippen LogP contribution < -0.4 is 0 Å². The molecule has 0 heterocycles. The second kappa shape index (κ2) is 7.77. The Morgan fingerprint density at radius 3 is 2.62 bits per heavy atom. The van der Waals surface area contributed by atoms with E-state index < -0.39 is 20.4 Å². The van der Waals surface area contributed by atoms with Gasteiger partial charge in [0, 0.05) is 39.7 Å². The van der Waals surface area contributed by atoms with E-state index in [-0.39, 0.29) is 34.7 Å². The average Bonchev–Trinajstić information content (AvgIpc) is 3.04. The molecule has 0 spiro atoms. The maximum atomic E-state index is 13.7. The number of benzene rings is 1. The first-order valence-corrected chi connectivity index (χ1v) is 13.5. The Hall–Kier alpha value is -1.52. The van der Waals surface area contributed by atoms with Crippen LogP contribution in [0.1, 0.15) is 51.5 Å². The van der Waals surface area contributed by atoms with Crippen LogP contribution >= 0.6 is 11.6 Å². The third kappa shape index (κ3) is 3.16. The maximum Gasteiger partial charge on any atom is 0.178 e. The first kappa shape index (κ1) is 22.3. The molecule has 3 saturated carbocycles. The van der Waals surface area contributed by atoms with Gasteiger partial charge in [0.1, 0.15) is 9.99 Å². The van der Waals surface area contributed by atoms with E-state index in [0.29, 0.717) is 18.6 Å². The number of ketones is 2. The number of fused-ring (bicyclic) bond motifs is 5. The Kier molecular flexibility index (Phi) is 5.41. The highest BCUT2D eigenvalue weighted by molar-refractivity contribution is 7.87. The van der Waals surface area contributed by atoms with Gasteiger partial charge in [-0.2, -0.15) is 0 Å². The second-order valence-electron chi connectivity index (χ2n) is 10.6. The molecule has 0 radical (unpaired) electrons. The average molecular weight is 471 g/mol. The Labute approximate surface area is 198 Å². The van der Waals surface area contributed by atoms with Crippen LogP contribution in [0.3, 0.4) is 0 Å². The van der Waals surface area contributed by atoms with Crippen LogP contribution in [-0.4, -0.2) is 25.7 Å². The lowest BCUT2D eigenvalue weighted by molar-refractivity contribution is -0.141. The summed E-state index contributed by atoms with van der Waals surface area (Å²) in [7, 11) is -1.23. The number of allylic oxidation sites excluding steroid dienone is 4. The summed E-state index contributed by atoms with van der Waals surface area (Å²) in [5, 5.41) is 0. The van der Waals surface area contributed by atoms with Crippen LogP contribution in [0, 0.1) is 28.6 Å². The lowest BCUT2D eigenvalue weighted by atomic mass is 9.48. The van der Waals surface area contributed by atoms with E-state index in [4.69, 9.17) is 11.6 Å². The molecule has 1 aromatic rings. The van der Waals surface area contributed by atoms with Gasteiger partial charge < -0.3 is 0 Å². The zero-order valence-corrected chi connectivity index (χ0v) is 20.4. The lowest BCUT2D eigenvalue weighted by Crippen LogP contribution is -2.57. The quantitative estimate of drug-likeness (QED) is 0.553. The van der Waals surface area contributed by atoms with Gasteiger partial charge in [0.15, 0.2) is 5.78 Å². The zero-order chi connectivity index (χ0) is 22.7. The second-order valence-corrected chi connectivity index (χ2v) is 13.3. The minimum Gasteiger partial charge on any atom is -0.299 e. The number of carbonyl (C=O) groups is 2. The highest BCUT2D eigenvalue weighted by Crippen LogP contribution is 2.68. The molecule has 1 aromatic carbocycles. The molecule has 3 nitrogen and oxygen atoms in total. The molecule has 0 amide bonds. The van der Waals surface area contributed by atoms with Gasteiger partial charge in [-0.15, -0.1) is 11.6 Å². The number of aryl methyl sites for hydroxylation is 1. The van der Waals surface area contributed by atoms with Crippen molar-refractivity contribution < 1.29 is 13.8 Å². The molecular formula is C27H31ClO3S. The van der Waals surface area contributed by atoms with Crippen LogP contribution in [-0.2, 0) is 26.8 Å². The van der Waals surface area contributed by atoms with Crippen molar-refractivity contribution in [3.8, 4) is 0 Å². The predicted molar refractivity (Wildman–Crippen MR) is 129 cm³/mol. The van der Waals surface area contributed by atoms with Gasteiger partial charge in [0.05, 0.1) is 0 Å². The third-order valence-electron chi connectivity index (χ3n) is 9.06. The Bertz CT molecular complexity index is 1050. The lowest BCUT2D eigenvalue weighted by Gasteiger charge is -2.56. The summed E-state index contributed by atoms with van der Waals surface area (Å²) in [6, 6.07) is 10.1. The Morgan fingerprint density at radius 1 is 1.12 bits per heavy atom. The molecular weight excluding hydrogens is 440 g/mol. The summed E-state index contributed by atoms with van der Waals surface area (Å²) in [5.74, 6) is 1.18. The molecule has 5 rings (SSSR count). The van der Waals surface area contributed by atoms with Crippen molar-refractivity contribution in [1.29, 1.82) is 0 Å². The van der Waals surface area contributed by atoms with Crippen molar-refractivity contribution in [2.45, 2.75) is 56.6 Å². The van der Waals surface area contributed by atoms with Crippen LogP contribution in [0.15, 0.2) is 54.1 Å². The minimum atomic E-state index is -1.23. The van der Waals surface area contributed by atoms with Gasteiger partial charge in [-0.1, -0.05) is 55.8 Å². The fourth-order valence-corrected chi connectivity index (χ4v) is 9.74. The molecule has 7 atom stereocenters. The summed E-state index contributed by atoms with van der Waals surface area (Å²) in [6.07, 6.45) is 9.83. The molecule has 0 aliphatic heterocycles. The standard InChI is InChI=1S/C27H31ClO3S/c1-25-13-10-20(29)16-19(25)8-9-21-22-11-14-27(28,26(22,2)17-23(30)24(21)25)32(31)15-12-18-6-4-3-5-7-18/h3-7,10,13,16,21-22,24H,8-9,11-12,14-15,17H2,1-2H3/t21-,22-,24+,25-,26-,27-,32?/m0/s1. The summed E-state index contributed by atoms with van der Waals surface area (Å²) >= 11 is 7.27. The normalized spacial score (nSPS) is 41.5. The molecule has 3 fully saturated rings. The molecule has 5 heteroatoms. The van der Waals surface area contributed by atoms with Crippen LogP contribution in [0.25, 0.3) is 0 Å². The SMILES string of the molecule is C[C@]12C=CC(=O)C=C1CC[C@@H]1[C@@H]2C(=O)C[C@@]2(C)[C@H]1CC[C@]2(Cl)S(=O)CCc1ccccc1. The number of alkyl halides is 1. The maximum absolute atomic E-state index is 13.7. The molecule has 32 heavy (non-hydrogen) atoms. The van der Waals surface area contributed by atoms with E-state index in [1.165, 1.54) is 5.56 Å². The highest BCUT2D eigenvalue weighted by Gasteiger charge is 2.67. The number of hydrogen-bond donors (Lipinski definition) is 0. The number of halogens is 1. The number of Topliss-reactive ketones (excluding diaryl/α,β-unsaturated/α-hetero) is 1. The van der Waals surface area contributed by atoms with E-state index in [9.17, 15) is 13.8 Å². The molecule has 0 saturated heterocycles. The van der Waals surface area contributed by atoms with Crippen molar-refractivity contribution in [2.75, 3.05) is 5.75 Å². The first-order valence-electron chi connectivity index (χ1n) is 11.8.